The fourth-order valence-electron chi connectivity index (χ4n) is 4.90. The van der Waals surface area contributed by atoms with Gasteiger partial charge in [0.2, 0.25) is 11.8 Å². The molecule has 1 heterocycles. The number of Topliss-reactive ketones (excluding diaryl/α,β-unsaturated/α-hetero) is 1. The summed E-state index contributed by atoms with van der Waals surface area (Å²) in [6.07, 6.45) is 4.18. The van der Waals surface area contributed by atoms with Gasteiger partial charge < -0.3 is 26.5 Å². The van der Waals surface area contributed by atoms with Crippen molar-refractivity contribution in [1.29, 1.82) is 0 Å². The molecule has 0 aliphatic carbocycles. The van der Waals surface area contributed by atoms with Crippen LogP contribution in [0.1, 0.15) is 97.0 Å². The van der Waals surface area contributed by atoms with E-state index in [-0.39, 0.29) is 62.2 Å². The molecule has 1 aromatic rings. The van der Waals surface area contributed by atoms with Gasteiger partial charge in [-0.05, 0) is 55.7 Å². The highest BCUT2D eigenvalue weighted by molar-refractivity contribution is 6.01. The van der Waals surface area contributed by atoms with Gasteiger partial charge in [-0.2, -0.15) is 0 Å². The Kier molecular flexibility index (Phi) is 15.7. The molecule has 1 fully saturated rings. The topological polar surface area (TPSA) is 194 Å². The van der Waals surface area contributed by atoms with E-state index >= 15 is 0 Å². The van der Waals surface area contributed by atoms with Crippen molar-refractivity contribution in [2.45, 2.75) is 104 Å². The first kappa shape index (κ1) is 36.9. The van der Waals surface area contributed by atoms with Gasteiger partial charge in [-0.25, -0.2) is 9.59 Å². The second-order valence-corrected chi connectivity index (χ2v) is 11.6. The first-order valence-electron chi connectivity index (χ1n) is 15.7. The maximum Gasteiger partial charge on any atom is 0.333 e. The summed E-state index contributed by atoms with van der Waals surface area (Å²) in [5, 5.41) is 8.73. The second kappa shape index (κ2) is 19.2. The van der Waals surface area contributed by atoms with Crippen LogP contribution in [0.2, 0.25) is 0 Å². The van der Waals surface area contributed by atoms with Gasteiger partial charge in [-0.15, -0.1) is 5.06 Å². The number of rotatable bonds is 20. The first-order chi connectivity index (χ1) is 21.4. The van der Waals surface area contributed by atoms with Crippen molar-refractivity contribution in [3.8, 4) is 0 Å². The van der Waals surface area contributed by atoms with E-state index in [1.54, 1.807) is 0 Å². The van der Waals surface area contributed by atoms with E-state index in [0.717, 1.165) is 12.0 Å². The van der Waals surface area contributed by atoms with E-state index in [1.807, 2.05) is 45.0 Å². The van der Waals surface area contributed by atoms with Crippen molar-refractivity contribution in [3.05, 3.63) is 29.8 Å². The van der Waals surface area contributed by atoms with Crippen molar-refractivity contribution in [1.82, 2.24) is 15.7 Å². The Morgan fingerprint density at radius 2 is 1.53 bits per heavy atom. The molecule has 1 aliphatic heterocycles. The number of hydrogen-bond acceptors (Lipinski definition) is 8. The van der Waals surface area contributed by atoms with Crippen LogP contribution in [0.25, 0.3) is 0 Å². The zero-order valence-corrected chi connectivity index (χ0v) is 26.5. The minimum absolute atomic E-state index is 0.0393. The Morgan fingerprint density at radius 1 is 0.911 bits per heavy atom. The molecule has 0 bridgehead atoms. The number of amides is 6. The minimum atomic E-state index is -0.772. The Bertz CT molecular complexity index is 1180. The first-order valence-corrected chi connectivity index (χ1v) is 15.7. The standard InChI is InChI=1S/C32H47N5O8/c1-4-22-13-15-24(16-14-22)35-31(43)23(10-9-19-34-32(33)44)20-25(38)30(21(2)3)36-26(39)11-7-5-6-8-12-29(42)45-37-27(40)17-18-28(37)41/h13-16,21,23,30H,4-12,17-20H2,1-3H3,(H,35,43)(H,36,39)(H3,33,34,44)/t23-,30+/m1/s1. The van der Waals surface area contributed by atoms with E-state index in [1.165, 1.54) is 0 Å². The number of nitrogens with two attached hydrogens (primary N) is 1. The summed E-state index contributed by atoms with van der Waals surface area (Å²) in [6.45, 7) is 5.95. The quantitative estimate of drug-likeness (QED) is 0.125. The van der Waals surface area contributed by atoms with Crippen LogP contribution in [0, 0.1) is 11.8 Å². The van der Waals surface area contributed by atoms with Gasteiger partial charge in [-0.1, -0.05) is 45.7 Å². The van der Waals surface area contributed by atoms with Crippen LogP contribution in [0.15, 0.2) is 24.3 Å². The highest BCUT2D eigenvalue weighted by Gasteiger charge is 2.33. The number of ketones is 1. The second-order valence-electron chi connectivity index (χ2n) is 11.6. The Morgan fingerprint density at radius 3 is 2.11 bits per heavy atom. The maximum absolute atomic E-state index is 13.4. The van der Waals surface area contributed by atoms with Gasteiger partial charge >= 0.3 is 12.0 Å². The molecule has 2 atom stereocenters. The minimum Gasteiger partial charge on any atom is -0.352 e. The number of primary amides is 1. The molecule has 5 N–H and O–H groups in total. The van der Waals surface area contributed by atoms with Crippen molar-refractivity contribution in [3.63, 3.8) is 0 Å². The van der Waals surface area contributed by atoms with Gasteiger partial charge in [0.15, 0.2) is 5.78 Å². The van der Waals surface area contributed by atoms with Gasteiger partial charge in [0.25, 0.3) is 11.8 Å². The third-order valence-electron chi connectivity index (χ3n) is 7.54. The number of imide groups is 1. The highest BCUT2D eigenvalue weighted by atomic mass is 16.7. The summed E-state index contributed by atoms with van der Waals surface area (Å²) in [7, 11) is 0. The molecular weight excluding hydrogens is 582 g/mol. The number of hydrogen-bond donors (Lipinski definition) is 4. The lowest BCUT2D eigenvalue weighted by Gasteiger charge is -2.24. The van der Waals surface area contributed by atoms with E-state index in [2.05, 4.69) is 16.0 Å². The number of hydroxylamine groups is 2. The molecule has 0 aromatic heterocycles. The monoisotopic (exact) mass is 629 g/mol. The van der Waals surface area contributed by atoms with Crippen molar-refractivity contribution in [2.75, 3.05) is 11.9 Å². The molecule has 13 nitrogen and oxygen atoms in total. The molecular formula is C32H47N5O8. The zero-order chi connectivity index (χ0) is 33.4. The molecule has 45 heavy (non-hydrogen) atoms. The summed E-state index contributed by atoms with van der Waals surface area (Å²) in [4.78, 5) is 90.2. The molecule has 6 amide bonds. The predicted octanol–water partition coefficient (Wildman–Crippen LogP) is 3.30. The summed E-state index contributed by atoms with van der Waals surface area (Å²) in [5.41, 5.74) is 6.88. The molecule has 0 spiro atoms. The van der Waals surface area contributed by atoms with E-state index < -0.39 is 35.8 Å². The SMILES string of the molecule is CCc1ccc(NC(=O)[C@H](CCCNC(N)=O)CC(=O)[C@@H](NC(=O)CCCCCCC(=O)ON2C(=O)CCC2=O)C(C)C)cc1. The van der Waals surface area contributed by atoms with Crippen LogP contribution in [-0.4, -0.2) is 59.1 Å². The lowest BCUT2D eigenvalue weighted by atomic mass is 9.89. The van der Waals surface area contributed by atoms with Gasteiger partial charge in [0.1, 0.15) is 0 Å². The summed E-state index contributed by atoms with van der Waals surface area (Å²) in [5.74, 6) is -3.43. The Balaban J connectivity index is 1.83. The fourth-order valence-corrected chi connectivity index (χ4v) is 4.90. The maximum atomic E-state index is 13.4. The molecule has 0 unspecified atom stereocenters. The third-order valence-corrected chi connectivity index (χ3v) is 7.54. The predicted molar refractivity (Wildman–Crippen MR) is 166 cm³/mol. The van der Waals surface area contributed by atoms with Crippen LogP contribution in [0.5, 0.6) is 0 Å². The van der Waals surface area contributed by atoms with Crippen LogP contribution < -0.4 is 21.7 Å². The molecule has 13 heteroatoms. The smallest absolute Gasteiger partial charge is 0.333 e. The number of benzene rings is 1. The van der Waals surface area contributed by atoms with E-state index in [9.17, 15) is 33.6 Å². The van der Waals surface area contributed by atoms with Gasteiger partial charge in [0, 0.05) is 50.3 Å². The lowest BCUT2D eigenvalue weighted by Crippen LogP contribution is -2.45. The number of anilines is 1. The normalized spacial score (nSPS) is 14.2. The third kappa shape index (κ3) is 13.5. The molecule has 1 saturated heterocycles. The van der Waals surface area contributed by atoms with Crippen LogP contribution in [-0.2, 0) is 40.0 Å². The molecule has 1 aliphatic rings. The highest BCUT2D eigenvalue weighted by Crippen LogP contribution is 2.20. The van der Waals surface area contributed by atoms with Crippen LogP contribution in [0.3, 0.4) is 0 Å². The number of unbranched alkanes of at least 4 members (excludes halogenated alkanes) is 3. The lowest BCUT2D eigenvalue weighted by molar-refractivity contribution is -0.197. The van der Waals surface area contributed by atoms with Crippen molar-refractivity contribution < 1.29 is 38.4 Å². The number of nitrogens with one attached hydrogen (secondary N) is 3. The number of carbonyl (C=O) groups excluding carboxylic acids is 7. The molecule has 1 aromatic carbocycles. The summed E-state index contributed by atoms with van der Waals surface area (Å²) >= 11 is 0. The van der Waals surface area contributed by atoms with E-state index in [4.69, 9.17) is 10.6 Å². The average molecular weight is 630 g/mol. The number of carbonyl (C=O) groups is 7. The average Bonchev–Trinajstić information content (AvgIpc) is 3.31. The largest absolute Gasteiger partial charge is 0.352 e. The summed E-state index contributed by atoms with van der Waals surface area (Å²) in [6, 6.07) is 6.03. The van der Waals surface area contributed by atoms with Crippen molar-refractivity contribution >= 4 is 47.1 Å². The Hall–Kier alpha value is -4.29. The Labute approximate surface area is 264 Å². The van der Waals surface area contributed by atoms with E-state index in [0.29, 0.717) is 49.3 Å². The summed E-state index contributed by atoms with van der Waals surface area (Å²) < 4.78 is 0. The van der Waals surface area contributed by atoms with Crippen LogP contribution >= 0.6 is 0 Å². The zero-order valence-electron chi connectivity index (χ0n) is 26.5. The number of nitrogens with zero attached hydrogens (tertiary/aromatic N) is 1. The molecule has 2 rings (SSSR count). The number of aryl methyl sites for hydroxylation is 1. The van der Waals surface area contributed by atoms with Gasteiger partial charge in [-0.3, -0.25) is 24.0 Å². The molecule has 0 saturated carbocycles. The molecule has 0 radical (unpaired) electrons. The molecule has 248 valence electrons. The number of urea groups is 1. The van der Waals surface area contributed by atoms with Crippen LogP contribution in [0.4, 0.5) is 10.5 Å². The van der Waals surface area contributed by atoms with Crippen molar-refractivity contribution in [2.24, 2.45) is 17.6 Å². The fraction of sp³-hybridized carbons (Fsp3) is 0.594. The van der Waals surface area contributed by atoms with Gasteiger partial charge in [0.05, 0.1) is 6.04 Å².